The zero-order valence-corrected chi connectivity index (χ0v) is 13.8. The predicted molar refractivity (Wildman–Crippen MR) is 93.2 cm³/mol. The van der Waals surface area contributed by atoms with Gasteiger partial charge in [-0.3, -0.25) is 14.9 Å². The highest BCUT2D eigenvalue weighted by Gasteiger charge is 2.18. The summed E-state index contributed by atoms with van der Waals surface area (Å²) in [6.07, 6.45) is 1.41. The molecule has 0 bridgehead atoms. The molecule has 0 heterocycles. The van der Waals surface area contributed by atoms with E-state index in [1.807, 2.05) is 6.92 Å². The number of hydrogen-bond donors (Lipinski definition) is 0. The van der Waals surface area contributed by atoms with Crippen molar-refractivity contribution in [1.82, 2.24) is 0 Å². The first-order chi connectivity index (χ1) is 11.9. The molecule has 0 aliphatic rings. The van der Waals surface area contributed by atoms with Gasteiger partial charge in [-0.1, -0.05) is 42.0 Å². The Balaban J connectivity index is 2.03. The number of carbonyl (C=O) groups is 2. The SMILES string of the molecule is Cc1ccc(C(=O)[C@H](C)OC(=O)/C=C/c2ccccc2[N+](=O)[O-])cc1. The largest absolute Gasteiger partial charge is 0.451 e. The number of esters is 1. The summed E-state index contributed by atoms with van der Waals surface area (Å²) in [6.45, 7) is 3.39. The van der Waals surface area contributed by atoms with Crippen molar-refractivity contribution in [3.63, 3.8) is 0 Å². The van der Waals surface area contributed by atoms with Crippen LogP contribution >= 0.6 is 0 Å². The van der Waals surface area contributed by atoms with E-state index in [0.717, 1.165) is 11.6 Å². The van der Waals surface area contributed by atoms with Crippen molar-refractivity contribution < 1.29 is 19.2 Å². The van der Waals surface area contributed by atoms with E-state index in [0.29, 0.717) is 5.56 Å². The minimum absolute atomic E-state index is 0.115. The molecule has 0 radical (unpaired) electrons. The number of benzene rings is 2. The van der Waals surface area contributed by atoms with E-state index in [9.17, 15) is 19.7 Å². The van der Waals surface area contributed by atoms with Crippen LogP contribution < -0.4 is 0 Å². The zero-order valence-electron chi connectivity index (χ0n) is 13.8. The van der Waals surface area contributed by atoms with Crippen LogP contribution in [0, 0.1) is 17.0 Å². The van der Waals surface area contributed by atoms with Crippen molar-refractivity contribution in [3.8, 4) is 0 Å². The summed E-state index contributed by atoms with van der Waals surface area (Å²) >= 11 is 0. The molecular formula is C19H17NO5. The number of rotatable bonds is 6. The molecule has 0 saturated carbocycles. The molecule has 25 heavy (non-hydrogen) atoms. The second-order valence-electron chi connectivity index (χ2n) is 5.46. The molecule has 0 aromatic heterocycles. The van der Waals surface area contributed by atoms with E-state index in [1.165, 1.54) is 31.2 Å². The molecule has 0 fully saturated rings. The van der Waals surface area contributed by atoms with Crippen LogP contribution in [-0.4, -0.2) is 22.8 Å². The molecule has 0 unspecified atom stereocenters. The number of ketones is 1. The predicted octanol–water partition coefficient (Wildman–Crippen LogP) is 3.73. The van der Waals surface area contributed by atoms with E-state index in [1.54, 1.807) is 30.3 Å². The van der Waals surface area contributed by atoms with Gasteiger partial charge in [-0.25, -0.2) is 4.79 Å². The zero-order chi connectivity index (χ0) is 18.4. The number of nitrogens with zero attached hydrogens (tertiary/aromatic N) is 1. The highest BCUT2D eigenvalue weighted by Crippen LogP contribution is 2.19. The Morgan fingerprint density at radius 2 is 1.76 bits per heavy atom. The fraction of sp³-hybridized carbons (Fsp3) is 0.158. The minimum Gasteiger partial charge on any atom is -0.451 e. The van der Waals surface area contributed by atoms with Gasteiger partial charge in [0.1, 0.15) is 0 Å². The van der Waals surface area contributed by atoms with Crippen molar-refractivity contribution in [3.05, 3.63) is 81.4 Å². The number of ether oxygens (including phenoxy) is 1. The third kappa shape index (κ3) is 4.84. The average molecular weight is 339 g/mol. The van der Waals surface area contributed by atoms with Crippen LogP contribution in [-0.2, 0) is 9.53 Å². The quantitative estimate of drug-likeness (QED) is 0.263. The Morgan fingerprint density at radius 3 is 2.40 bits per heavy atom. The molecule has 0 aliphatic carbocycles. The first kappa shape index (κ1) is 18.1. The Morgan fingerprint density at radius 1 is 1.12 bits per heavy atom. The lowest BCUT2D eigenvalue weighted by Crippen LogP contribution is -2.23. The van der Waals surface area contributed by atoms with Crippen molar-refractivity contribution in [2.45, 2.75) is 20.0 Å². The van der Waals surface area contributed by atoms with E-state index < -0.39 is 17.0 Å². The van der Waals surface area contributed by atoms with Crippen molar-refractivity contribution in [1.29, 1.82) is 0 Å². The Bertz CT molecular complexity index is 824. The Kier molecular flexibility index (Phi) is 5.79. The molecule has 0 saturated heterocycles. The molecular weight excluding hydrogens is 322 g/mol. The lowest BCUT2D eigenvalue weighted by Gasteiger charge is -2.11. The van der Waals surface area contributed by atoms with Crippen LogP contribution in [0.25, 0.3) is 6.08 Å². The lowest BCUT2D eigenvalue weighted by atomic mass is 10.1. The van der Waals surface area contributed by atoms with Crippen molar-refractivity contribution in [2.75, 3.05) is 0 Å². The van der Waals surface area contributed by atoms with Gasteiger partial charge in [0.25, 0.3) is 5.69 Å². The summed E-state index contributed by atoms with van der Waals surface area (Å²) in [6, 6.07) is 13.0. The minimum atomic E-state index is -0.953. The van der Waals surface area contributed by atoms with Gasteiger partial charge < -0.3 is 4.74 Å². The van der Waals surface area contributed by atoms with E-state index in [4.69, 9.17) is 4.74 Å². The van der Waals surface area contributed by atoms with Gasteiger partial charge in [0, 0.05) is 17.7 Å². The topological polar surface area (TPSA) is 86.5 Å². The maximum atomic E-state index is 12.2. The average Bonchev–Trinajstić information content (AvgIpc) is 2.60. The summed E-state index contributed by atoms with van der Waals surface area (Å²) in [5.41, 5.74) is 1.64. The van der Waals surface area contributed by atoms with Crippen LogP contribution in [0.4, 0.5) is 5.69 Å². The summed E-state index contributed by atoms with van der Waals surface area (Å²) in [5, 5.41) is 10.9. The summed E-state index contributed by atoms with van der Waals surface area (Å²) in [7, 11) is 0. The third-order valence-electron chi connectivity index (χ3n) is 3.53. The van der Waals surface area contributed by atoms with E-state index >= 15 is 0 Å². The molecule has 0 spiro atoms. The summed E-state index contributed by atoms with van der Waals surface area (Å²) in [5.74, 6) is -1.06. The van der Waals surface area contributed by atoms with Crippen LogP contribution in [0.1, 0.15) is 28.4 Å². The molecule has 2 aromatic carbocycles. The van der Waals surface area contributed by atoms with Gasteiger partial charge in [0.2, 0.25) is 5.78 Å². The second kappa shape index (κ2) is 8.01. The standard InChI is InChI=1S/C19H17NO5/c1-13-7-9-16(10-8-13)19(22)14(2)25-18(21)12-11-15-5-3-4-6-17(15)20(23)24/h3-12,14H,1-2H3/b12-11+/t14-/m0/s1. The first-order valence-electron chi connectivity index (χ1n) is 7.61. The van der Waals surface area contributed by atoms with Crippen molar-refractivity contribution in [2.24, 2.45) is 0 Å². The smallest absolute Gasteiger partial charge is 0.331 e. The van der Waals surface area contributed by atoms with Crippen molar-refractivity contribution >= 4 is 23.5 Å². The number of Topliss-reactive ketones (excluding diaryl/α,β-unsaturated/α-hetero) is 1. The second-order valence-corrected chi connectivity index (χ2v) is 5.46. The number of para-hydroxylation sites is 1. The van der Waals surface area contributed by atoms with E-state index in [-0.39, 0.29) is 17.0 Å². The monoisotopic (exact) mass is 339 g/mol. The van der Waals surface area contributed by atoms with Gasteiger partial charge >= 0.3 is 5.97 Å². The summed E-state index contributed by atoms with van der Waals surface area (Å²) in [4.78, 5) is 34.5. The lowest BCUT2D eigenvalue weighted by molar-refractivity contribution is -0.385. The Labute approximate surface area is 144 Å². The number of nitro benzene ring substituents is 1. The number of nitro groups is 1. The van der Waals surface area contributed by atoms with Crippen LogP contribution in [0.15, 0.2) is 54.6 Å². The molecule has 128 valence electrons. The van der Waals surface area contributed by atoms with Gasteiger partial charge in [-0.05, 0) is 26.0 Å². The maximum absolute atomic E-state index is 12.2. The Hall–Kier alpha value is -3.28. The fourth-order valence-corrected chi connectivity index (χ4v) is 2.17. The number of hydrogen-bond acceptors (Lipinski definition) is 5. The molecule has 6 heteroatoms. The highest BCUT2D eigenvalue weighted by molar-refractivity contribution is 6.01. The molecule has 2 rings (SSSR count). The molecule has 6 nitrogen and oxygen atoms in total. The normalized spacial score (nSPS) is 11.9. The third-order valence-corrected chi connectivity index (χ3v) is 3.53. The van der Waals surface area contributed by atoms with Gasteiger partial charge in [0.15, 0.2) is 6.10 Å². The van der Waals surface area contributed by atoms with Crippen LogP contribution in [0.2, 0.25) is 0 Å². The maximum Gasteiger partial charge on any atom is 0.331 e. The number of carbonyl (C=O) groups excluding carboxylic acids is 2. The molecule has 0 N–H and O–H groups in total. The summed E-state index contributed by atoms with van der Waals surface area (Å²) < 4.78 is 5.07. The molecule has 1 atom stereocenters. The first-order valence-corrected chi connectivity index (χ1v) is 7.61. The molecule has 0 aliphatic heterocycles. The number of aryl methyl sites for hydroxylation is 1. The van der Waals surface area contributed by atoms with Crippen LogP contribution in [0.3, 0.4) is 0 Å². The fourth-order valence-electron chi connectivity index (χ4n) is 2.17. The highest BCUT2D eigenvalue weighted by atomic mass is 16.6. The van der Waals surface area contributed by atoms with Gasteiger partial charge in [-0.15, -0.1) is 0 Å². The van der Waals surface area contributed by atoms with Gasteiger partial charge in [-0.2, -0.15) is 0 Å². The molecule has 0 amide bonds. The van der Waals surface area contributed by atoms with E-state index in [2.05, 4.69) is 0 Å². The van der Waals surface area contributed by atoms with Gasteiger partial charge in [0.05, 0.1) is 10.5 Å². The molecule has 2 aromatic rings. The van der Waals surface area contributed by atoms with Crippen LogP contribution in [0.5, 0.6) is 0 Å².